The summed E-state index contributed by atoms with van der Waals surface area (Å²) in [5.74, 6) is 0.361. The molecule has 0 spiro atoms. The summed E-state index contributed by atoms with van der Waals surface area (Å²) in [6, 6.07) is 16.7. The quantitative estimate of drug-likeness (QED) is 0.447. The number of benzene rings is 3. The minimum Gasteiger partial charge on any atom is -0.507 e. The molecule has 0 saturated heterocycles. The number of carbonyl (C=O) groups excluding carboxylic acids is 1. The van der Waals surface area contributed by atoms with Crippen LogP contribution in [0.1, 0.15) is 15.9 Å². The molecule has 7 heteroatoms. The molecule has 0 fully saturated rings. The number of rotatable bonds is 6. The SMILES string of the molecule is COC(=O)c1ccc(COc2cc(O)c3c(=O)c(-c4ccc(OC)cc4)coc3c2)cc1. The van der Waals surface area contributed by atoms with E-state index in [0.29, 0.717) is 28.2 Å². The van der Waals surface area contributed by atoms with Gasteiger partial charge >= 0.3 is 5.97 Å². The van der Waals surface area contributed by atoms with Gasteiger partial charge in [0.15, 0.2) is 0 Å². The number of methoxy groups -OCH3 is 2. The van der Waals surface area contributed by atoms with E-state index in [9.17, 15) is 14.7 Å². The van der Waals surface area contributed by atoms with E-state index in [1.54, 1.807) is 61.7 Å². The molecule has 0 bridgehead atoms. The summed E-state index contributed by atoms with van der Waals surface area (Å²) in [6.45, 7) is 0.195. The van der Waals surface area contributed by atoms with Crippen molar-refractivity contribution in [1.82, 2.24) is 0 Å². The molecule has 0 aliphatic carbocycles. The highest BCUT2D eigenvalue weighted by Crippen LogP contribution is 2.31. The van der Waals surface area contributed by atoms with Gasteiger partial charge in [-0.2, -0.15) is 0 Å². The van der Waals surface area contributed by atoms with Gasteiger partial charge in [-0.1, -0.05) is 24.3 Å². The van der Waals surface area contributed by atoms with E-state index in [4.69, 9.17) is 13.9 Å². The Hall–Kier alpha value is -4.26. The van der Waals surface area contributed by atoms with E-state index in [1.807, 2.05) is 0 Å². The van der Waals surface area contributed by atoms with Gasteiger partial charge in [0.25, 0.3) is 0 Å². The first-order valence-electron chi connectivity index (χ1n) is 9.73. The lowest BCUT2D eigenvalue weighted by Gasteiger charge is -2.10. The molecule has 0 atom stereocenters. The molecule has 32 heavy (non-hydrogen) atoms. The molecule has 4 aromatic rings. The molecule has 0 aliphatic rings. The number of ether oxygens (including phenoxy) is 3. The topological polar surface area (TPSA) is 95.2 Å². The molecular formula is C25H20O7. The number of phenols is 1. The maximum atomic E-state index is 13.0. The van der Waals surface area contributed by atoms with Gasteiger partial charge in [-0.15, -0.1) is 0 Å². The van der Waals surface area contributed by atoms with Gasteiger partial charge in [0, 0.05) is 12.1 Å². The number of carbonyl (C=O) groups is 1. The zero-order chi connectivity index (χ0) is 22.7. The van der Waals surface area contributed by atoms with Gasteiger partial charge in [-0.25, -0.2) is 4.79 Å². The maximum absolute atomic E-state index is 13.0. The van der Waals surface area contributed by atoms with Gasteiger partial charge in [0.05, 0.1) is 25.3 Å². The second-order valence-corrected chi connectivity index (χ2v) is 7.00. The molecule has 162 valence electrons. The van der Waals surface area contributed by atoms with Crippen LogP contribution in [0.2, 0.25) is 0 Å². The van der Waals surface area contributed by atoms with Crippen molar-refractivity contribution < 1.29 is 28.5 Å². The van der Waals surface area contributed by atoms with Crippen LogP contribution >= 0.6 is 0 Å². The van der Waals surface area contributed by atoms with Crippen molar-refractivity contribution in [2.75, 3.05) is 14.2 Å². The van der Waals surface area contributed by atoms with Crippen LogP contribution in [0.25, 0.3) is 22.1 Å². The highest BCUT2D eigenvalue weighted by atomic mass is 16.5. The summed E-state index contributed by atoms with van der Waals surface area (Å²) in [5.41, 5.74) is 2.09. The van der Waals surface area contributed by atoms with Gasteiger partial charge in [0.2, 0.25) is 5.43 Å². The summed E-state index contributed by atoms with van der Waals surface area (Å²) in [5, 5.41) is 10.6. The van der Waals surface area contributed by atoms with Crippen LogP contribution in [0.15, 0.2) is 76.1 Å². The van der Waals surface area contributed by atoms with Gasteiger partial charge in [-0.3, -0.25) is 4.79 Å². The molecule has 1 aromatic heterocycles. The van der Waals surface area contributed by atoms with Crippen molar-refractivity contribution in [3.63, 3.8) is 0 Å². The summed E-state index contributed by atoms with van der Waals surface area (Å²) in [4.78, 5) is 24.5. The standard InChI is InChI=1S/C25H20O7/c1-29-18-9-7-16(8-10-18)20-14-32-22-12-19(11-21(26)23(22)24(20)27)31-13-15-3-5-17(6-4-15)25(28)30-2/h3-12,14,26H,13H2,1-2H3. The summed E-state index contributed by atoms with van der Waals surface area (Å²) in [6.07, 6.45) is 1.36. The van der Waals surface area contributed by atoms with E-state index in [1.165, 1.54) is 19.4 Å². The van der Waals surface area contributed by atoms with Crippen molar-refractivity contribution in [3.8, 4) is 28.4 Å². The third kappa shape index (κ3) is 4.13. The van der Waals surface area contributed by atoms with Crippen molar-refractivity contribution >= 4 is 16.9 Å². The number of hydrogen-bond acceptors (Lipinski definition) is 7. The third-order valence-electron chi connectivity index (χ3n) is 5.01. The summed E-state index contributed by atoms with van der Waals surface area (Å²) in [7, 11) is 2.89. The van der Waals surface area contributed by atoms with Crippen LogP contribution in [0.5, 0.6) is 17.2 Å². The third-order valence-corrected chi connectivity index (χ3v) is 5.01. The predicted octanol–water partition coefficient (Wildman–Crippen LogP) is 4.54. The Labute approximate surface area is 183 Å². The Kier molecular flexibility index (Phi) is 5.81. The Balaban J connectivity index is 1.58. The van der Waals surface area contributed by atoms with Crippen LogP contribution in [0.4, 0.5) is 0 Å². The zero-order valence-electron chi connectivity index (χ0n) is 17.5. The van der Waals surface area contributed by atoms with Crippen molar-refractivity contribution in [2.45, 2.75) is 6.61 Å². The molecule has 0 aliphatic heterocycles. The van der Waals surface area contributed by atoms with Crippen LogP contribution < -0.4 is 14.9 Å². The zero-order valence-corrected chi connectivity index (χ0v) is 17.5. The van der Waals surface area contributed by atoms with Crippen LogP contribution in [0.3, 0.4) is 0 Å². The first-order valence-corrected chi connectivity index (χ1v) is 9.73. The molecule has 1 N–H and O–H groups in total. The van der Waals surface area contributed by atoms with E-state index in [-0.39, 0.29) is 28.8 Å². The maximum Gasteiger partial charge on any atom is 0.337 e. The molecule has 4 rings (SSSR count). The number of phenolic OH excluding ortho intramolecular Hbond substituents is 1. The molecule has 0 unspecified atom stereocenters. The molecular weight excluding hydrogens is 412 g/mol. The lowest BCUT2D eigenvalue weighted by atomic mass is 10.0. The average molecular weight is 432 g/mol. The van der Waals surface area contributed by atoms with E-state index in [0.717, 1.165) is 5.56 Å². The minimum absolute atomic E-state index is 0.0769. The Morgan fingerprint density at radius 3 is 2.34 bits per heavy atom. The van der Waals surface area contributed by atoms with Crippen molar-refractivity contribution in [3.05, 3.63) is 88.3 Å². The minimum atomic E-state index is -0.416. The molecule has 1 heterocycles. The van der Waals surface area contributed by atoms with Crippen LogP contribution in [-0.4, -0.2) is 25.3 Å². The van der Waals surface area contributed by atoms with Crippen molar-refractivity contribution in [2.24, 2.45) is 0 Å². The second-order valence-electron chi connectivity index (χ2n) is 7.00. The van der Waals surface area contributed by atoms with E-state index in [2.05, 4.69) is 4.74 Å². The Morgan fingerprint density at radius 2 is 1.69 bits per heavy atom. The number of hydrogen-bond donors (Lipinski definition) is 1. The Morgan fingerprint density at radius 1 is 0.969 bits per heavy atom. The average Bonchev–Trinajstić information content (AvgIpc) is 2.82. The molecule has 3 aromatic carbocycles. The Bertz CT molecular complexity index is 1320. The van der Waals surface area contributed by atoms with Crippen molar-refractivity contribution in [1.29, 1.82) is 0 Å². The van der Waals surface area contributed by atoms with Crippen LogP contribution in [0, 0.1) is 0 Å². The lowest BCUT2D eigenvalue weighted by Crippen LogP contribution is -2.05. The van der Waals surface area contributed by atoms with E-state index >= 15 is 0 Å². The smallest absolute Gasteiger partial charge is 0.337 e. The number of aromatic hydroxyl groups is 1. The fourth-order valence-electron chi connectivity index (χ4n) is 3.28. The monoisotopic (exact) mass is 432 g/mol. The summed E-state index contributed by atoms with van der Waals surface area (Å²) >= 11 is 0. The van der Waals surface area contributed by atoms with Crippen LogP contribution in [-0.2, 0) is 11.3 Å². The molecule has 7 nitrogen and oxygen atoms in total. The van der Waals surface area contributed by atoms with Gasteiger partial charge in [-0.05, 0) is 35.4 Å². The van der Waals surface area contributed by atoms with Gasteiger partial charge < -0.3 is 23.7 Å². The summed E-state index contributed by atoms with van der Waals surface area (Å²) < 4.78 is 21.2. The predicted molar refractivity (Wildman–Crippen MR) is 118 cm³/mol. The first-order chi connectivity index (χ1) is 15.5. The van der Waals surface area contributed by atoms with E-state index < -0.39 is 5.97 Å². The van der Waals surface area contributed by atoms with Gasteiger partial charge in [0.1, 0.15) is 41.1 Å². The fourth-order valence-corrected chi connectivity index (χ4v) is 3.28. The highest BCUT2D eigenvalue weighted by molar-refractivity contribution is 5.89. The second kappa shape index (κ2) is 8.85. The first kappa shape index (κ1) is 21.0. The fraction of sp³-hybridized carbons (Fsp3) is 0.120. The molecule has 0 saturated carbocycles. The largest absolute Gasteiger partial charge is 0.507 e. The highest BCUT2D eigenvalue weighted by Gasteiger charge is 2.15. The number of esters is 1. The molecule has 0 amide bonds. The molecule has 0 radical (unpaired) electrons. The lowest BCUT2D eigenvalue weighted by molar-refractivity contribution is 0.0600. The number of fused-ring (bicyclic) bond motifs is 1. The normalized spacial score (nSPS) is 10.7.